The van der Waals surface area contributed by atoms with E-state index >= 15 is 0 Å². The first kappa shape index (κ1) is 13.9. The fourth-order valence-electron chi connectivity index (χ4n) is 1.74. The predicted molar refractivity (Wildman–Crippen MR) is 81.3 cm³/mol. The van der Waals surface area contributed by atoms with E-state index in [1.54, 1.807) is 0 Å². The molecule has 0 heterocycles. The second kappa shape index (κ2) is 7.25. The maximum atomic E-state index is 2.28. The zero-order valence-corrected chi connectivity index (χ0v) is 12.1. The quantitative estimate of drug-likeness (QED) is 0.701. The van der Waals surface area contributed by atoms with E-state index in [4.69, 9.17) is 0 Å². The molecule has 0 aliphatic rings. The van der Waals surface area contributed by atoms with Crippen LogP contribution < -0.4 is 10.6 Å². The standard InChI is InChI=1S/C14H15P.C2H6/c1-11-8-12(2)10-14(9-11)15-13-6-4-3-5-7-13;1-2/h3-10,15H,1-2H3;1-2H3. The fraction of sp³-hybridized carbons (Fsp3) is 0.250. The second-order valence-electron chi connectivity index (χ2n) is 3.87. The number of hydrogen-bond acceptors (Lipinski definition) is 0. The fourth-order valence-corrected chi connectivity index (χ4v) is 3.03. The zero-order valence-electron chi connectivity index (χ0n) is 11.1. The Morgan fingerprint density at radius 3 is 1.76 bits per heavy atom. The van der Waals surface area contributed by atoms with Gasteiger partial charge in [-0.15, -0.1) is 0 Å². The molecule has 0 spiro atoms. The maximum Gasteiger partial charge on any atom is -0.0221 e. The van der Waals surface area contributed by atoms with Crippen LogP contribution in [0, 0.1) is 13.8 Å². The van der Waals surface area contributed by atoms with E-state index < -0.39 is 0 Å². The first-order valence-electron chi connectivity index (χ1n) is 6.14. The molecule has 0 bridgehead atoms. The highest BCUT2D eigenvalue weighted by atomic mass is 31.1. The molecule has 2 aromatic carbocycles. The summed E-state index contributed by atoms with van der Waals surface area (Å²) in [6, 6.07) is 17.4. The third-order valence-electron chi connectivity index (χ3n) is 2.28. The van der Waals surface area contributed by atoms with E-state index in [0.29, 0.717) is 0 Å². The van der Waals surface area contributed by atoms with Gasteiger partial charge in [-0.1, -0.05) is 82.1 Å². The molecule has 0 saturated heterocycles. The summed E-state index contributed by atoms with van der Waals surface area (Å²) in [6.45, 7) is 8.32. The van der Waals surface area contributed by atoms with Gasteiger partial charge in [-0.25, -0.2) is 0 Å². The summed E-state index contributed by atoms with van der Waals surface area (Å²) in [4.78, 5) is 0. The Morgan fingerprint density at radius 2 is 1.24 bits per heavy atom. The summed E-state index contributed by atoms with van der Waals surface area (Å²) in [5.74, 6) is 0. The van der Waals surface area contributed by atoms with Gasteiger partial charge in [0.25, 0.3) is 0 Å². The van der Waals surface area contributed by atoms with Gasteiger partial charge in [-0.3, -0.25) is 0 Å². The molecule has 0 aliphatic carbocycles. The minimum Gasteiger partial charge on any atom is -0.0683 e. The van der Waals surface area contributed by atoms with Crippen LogP contribution in [0.2, 0.25) is 0 Å². The van der Waals surface area contributed by atoms with Crippen LogP contribution in [0.4, 0.5) is 0 Å². The van der Waals surface area contributed by atoms with Gasteiger partial charge >= 0.3 is 0 Å². The normalized spacial score (nSPS) is 10.1. The lowest BCUT2D eigenvalue weighted by Gasteiger charge is -2.05. The van der Waals surface area contributed by atoms with E-state index in [1.807, 2.05) is 13.8 Å². The zero-order chi connectivity index (χ0) is 12.7. The predicted octanol–water partition coefficient (Wildman–Crippen LogP) is 3.96. The molecule has 0 aromatic heterocycles. The Hall–Kier alpha value is -1.13. The minimum atomic E-state index is 0.770. The topological polar surface area (TPSA) is 0 Å². The molecular formula is C16H21P. The van der Waals surface area contributed by atoms with Crippen molar-refractivity contribution in [1.82, 2.24) is 0 Å². The van der Waals surface area contributed by atoms with Crippen LogP contribution >= 0.6 is 8.58 Å². The van der Waals surface area contributed by atoms with Crippen LogP contribution in [0.25, 0.3) is 0 Å². The molecule has 17 heavy (non-hydrogen) atoms. The highest BCUT2D eigenvalue weighted by molar-refractivity contribution is 7.55. The largest absolute Gasteiger partial charge is 0.0683 e. The number of benzene rings is 2. The van der Waals surface area contributed by atoms with Crippen molar-refractivity contribution in [2.45, 2.75) is 27.7 Å². The molecule has 1 unspecified atom stereocenters. The average molecular weight is 244 g/mol. The second-order valence-corrected chi connectivity index (χ2v) is 5.27. The highest BCUT2D eigenvalue weighted by Crippen LogP contribution is 2.12. The molecule has 0 fully saturated rings. The maximum absolute atomic E-state index is 2.28. The Balaban J connectivity index is 0.000000686. The van der Waals surface area contributed by atoms with Gasteiger partial charge in [0.05, 0.1) is 0 Å². The van der Waals surface area contributed by atoms with E-state index in [1.165, 1.54) is 21.7 Å². The highest BCUT2D eigenvalue weighted by Gasteiger charge is 1.97. The van der Waals surface area contributed by atoms with Crippen molar-refractivity contribution in [3.63, 3.8) is 0 Å². The van der Waals surface area contributed by atoms with Crippen molar-refractivity contribution >= 4 is 19.2 Å². The lowest BCUT2D eigenvalue weighted by atomic mass is 10.2. The van der Waals surface area contributed by atoms with Crippen molar-refractivity contribution in [2.75, 3.05) is 0 Å². The van der Waals surface area contributed by atoms with Gasteiger partial charge in [-0.2, -0.15) is 0 Å². The van der Waals surface area contributed by atoms with Gasteiger partial charge in [-0.05, 0) is 24.5 Å². The average Bonchev–Trinajstić information content (AvgIpc) is 2.31. The Morgan fingerprint density at radius 1 is 0.706 bits per heavy atom. The van der Waals surface area contributed by atoms with Gasteiger partial charge in [0.2, 0.25) is 0 Å². The van der Waals surface area contributed by atoms with Crippen LogP contribution in [-0.4, -0.2) is 0 Å². The van der Waals surface area contributed by atoms with Crippen molar-refractivity contribution in [3.8, 4) is 0 Å². The van der Waals surface area contributed by atoms with Gasteiger partial charge < -0.3 is 0 Å². The van der Waals surface area contributed by atoms with E-state index in [0.717, 1.165) is 8.58 Å². The number of aryl methyl sites for hydroxylation is 2. The van der Waals surface area contributed by atoms with Crippen molar-refractivity contribution in [1.29, 1.82) is 0 Å². The molecule has 0 N–H and O–H groups in total. The van der Waals surface area contributed by atoms with E-state index in [9.17, 15) is 0 Å². The molecule has 0 aliphatic heterocycles. The summed E-state index contributed by atoms with van der Waals surface area (Å²) in [5, 5.41) is 2.83. The van der Waals surface area contributed by atoms with E-state index in [2.05, 4.69) is 62.4 Å². The summed E-state index contributed by atoms with van der Waals surface area (Å²) >= 11 is 0. The number of hydrogen-bond donors (Lipinski definition) is 0. The summed E-state index contributed by atoms with van der Waals surface area (Å²) in [6.07, 6.45) is 0. The van der Waals surface area contributed by atoms with Crippen molar-refractivity contribution < 1.29 is 0 Å². The molecule has 0 nitrogen and oxygen atoms in total. The third-order valence-corrected chi connectivity index (χ3v) is 3.48. The van der Waals surface area contributed by atoms with E-state index in [-0.39, 0.29) is 0 Å². The molecule has 2 rings (SSSR count). The first-order valence-corrected chi connectivity index (χ1v) is 7.14. The van der Waals surface area contributed by atoms with Crippen molar-refractivity contribution in [3.05, 3.63) is 59.7 Å². The lowest BCUT2D eigenvalue weighted by Crippen LogP contribution is -2.03. The molecule has 2 aromatic rings. The van der Waals surface area contributed by atoms with Gasteiger partial charge in [0.15, 0.2) is 0 Å². The van der Waals surface area contributed by atoms with Crippen LogP contribution in [0.1, 0.15) is 25.0 Å². The Labute approximate surface area is 107 Å². The Kier molecular flexibility index (Phi) is 5.94. The molecule has 90 valence electrons. The van der Waals surface area contributed by atoms with Gasteiger partial charge in [0.1, 0.15) is 0 Å². The number of rotatable bonds is 2. The van der Waals surface area contributed by atoms with Crippen molar-refractivity contribution in [2.24, 2.45) is 0 Å². The summed E-state index contributed by atoms with van der Waals surface area (Å²) in [7, 11) is 0.770. The lowest BCUT2D eigenvalue weighted by molar-refractivity contribution is 1.41. The molecule has 0 radical (unpaired) electrons. The van der Waals surface area contributed by atoms with Crippen LogP contribution in [0.5, 0.6) is 0 Å². The summed E-state index contributed by atoms with van der Waals surface area (Å²) < 4.78 is 0. The first-order chi connectivity index (χ1) is 8.24. The SMILES string of the molecule is CC.Cc1cc(C)cc(Pc2ccccc2)c1. The van der Waals surface area contributed by atoms with Crippen LogP contribution in [-0.2, 0) is 0 Å². The molecular weight excluding hydrogens is 223 g/mol. The molecule has 0 saturated carbocycles. The summed E-state index contributed by atoms with van der Waals surface area (Å²) in [5.41, 5.74) is 2.71. The van der Waals surface area contributed by atoms with Gasteiger partial charge in [0, 0.05) is 0 Å². The van der Waals surface area contributed by atoms with Crippen LogP contribution in [0.3, 0.4) is 0 Å². The third kappa shape index (κ3) is 4.71. The minimum absolute atomic E-state index is 0.770. The monoisotopic (exact) mass is 244 g/mol. The molecule has 1 atom stereocenters. The van der Waals surface area contributed by atoms with Crippen LogP contribution in [0.15, 0.2) is 48.5 Å². The Bertz CT molecular complexity index is 426. The molecule has 1 heteroatoms. The molecule has 0 amide bonds. The smallest absolute Gasteiger partial charge is 0.0221 e.